The Kier molecular flexibility index (Phi) is 5.89. The standard InChI is InChI=1S/C13H10O.C8H8/c14-13(11-7-3-1-4-8-11)12-9-5-2-6-10-12;1-2-8-6-4-3-5-7-8/h1-10H;2-7H,1H2. The van der Waals surface area contributed by atoms with Crippen LogP contribution in [0, 0.1) is 0 Å². The van der Waals surface area contributed by atoms with Gasteiger partial charge in [-0.2, -0.15) is 0 Å². The molecule has 22 heavy (non-hydrogen) atoms. The molecule has 0 aliphatic heterocycles. The van der Waals surface area contributed by atoms with Crippen LogP contribution in [0.3, 0.4) is 0 Å². The minimum atomic E-state index is 0.0752. The van der Waals surface area contributed by atoms with Gasteiger partial charge >= 0.3 is 0 Å². The van der Waals surface area contributed by atoms with Gasteiger partial charge < -0.3 is 0 Å². The van der Waals surface area contributed by atoms with E-state index in [9.17, 15) is 4.79 Å². The largest absolute Gasteiger partial charge is 0.289 e. The average Bonchev–Trinajstić information content (AvgIpc) is 2.64. The maximum atomic E-state index is 11.8. The Morgan fingerprint density at radius 2 is 1.00 bits per heavy atom. The molecule has 108 valence electrons. The lowest BCUT2D eigenvalue weighted by atomic mass is 10.0. The molecular formula is C21H18O. The molecule has 0 bridgehead atoms. The molecule has 0 heterocycles. The van der Waals surface area contributed by atoms with E-state index in [1.807, 2.05) is 97.1 Å². The summed E-state index contributed by atoms with van der Waals surface area (Å²) in [7, 11) is 0. The molecule has 0 spiro atoms. The highest BCUT2D eigenvalue weighted by Crippen LogP contribution is 2.08. The molecule has 1 heteroatoms. The number of carbonyl (C=O) groups excluding carboxylic acids is 1. The first-order valence-electron chi connectivity index (χ1n) is 7.13. The van der Waals surface area contributed by atoms with Crippen LogP contribution in [0.2, 0.25) is 0 Å². The van der Waals surface area contributed by atoms with Gasteiger partial charge in [-0.3, -0.25) is 4.79 Å². The van der Waals surface area contributed by atoms with Crippen LogP contribution in [-0.2, 0) is 0 Å². The Morgan fingerprint density at radius 1 is 0.636 bits per heavy atom. The molecule has 0 unspecified atom stereocenters. The summed E-state index contributed by atoms with van der Waals surface area (Å²) >= 11 is 0. The van der Waals surface area contributed by atoms with E-state index in [0.29, 0.717) is 0 Å². The zero-order valence-electron chi connectivity index (χ0n) is 12.4. The van der Waals surface area contributed by atoms with Crippen molar-refractivity contribution in [2.75, 3.05) is 0 Å². The first-order valence-corrected chi connectivity index (χ1v) is 7.13. The van der Waals surface area contributed by atoms with Crippen molar-refractivity contribution in [1.82, 2.24) is 0 Å². The van der Waals surface area contributed by atoms with Gasteiger partial charge in [0.1, 0.15) is 0 Å². The first-order chi connectivity index (χ1) is 10.8. The molecule has 0 N–H and O–H groups in total. The smallest absolute Gasteiger partial charge is 0.193 e. The van der Waals surface area contributed by atoms with Crippen LogP contribution in [0.25, 0.3) is 6.08 Å². The first kappa shape index (κ1) is 15.5. The van der Waals surface area contributed by atoms with Crippen molar-refractivity contribution in [3.8, 4) is 0 Å². The van der Waals surface area contributed by atoms with Gasteiger partial charge in [0.15, 0.2) is 5.78 Å². The van der Waals surface area contributed by atoms with Gasteiger partial charge in [0.05, 0.1) is 0 Å². The number of rotatable bonds is 3. The summed E-state index contributed by atoms with van der Waals surface area (Å²) in [6, 6.07) is 28.6. The molecule has 1 nitrogen and oxygen atoms in total. The summed E-state index contributed by atoms with van der Waals surface area (Å²) in [6.07, 6.45) is 1.83. The number of hydrogen-bond donors (Lipinski definition) is 0. The van der Waals surface area contributed by atoms with Crippen LogP contribution in [0.5, 0.6) is 0 Å². The van der Waals surface area contributed by atoms with E-state index in [1.54, 1.807) is 0 Å². The van der Waals surface area contributed by atoms with E-state index in [2.05, 4.69) is 6.58 Å². The number of hydrogen-bond acceptors (Lipinski definition) is 1. The van der Waals surface area contributed by atoms with Gasteiger partial charge in [-0.15, -0.1) is 0 Å². The molecule has 0 amide bonds. The summed E-state index contributed by atoms with van der Waals surface area (Å²) in [5.41, 5.74) is 2.64. The lowest BCUT2D eigenvalue weighted by Gasteiger charge is -1.99. The van der Waals surface area contributed by atoms with Gasteiger partial charge in [0, 0.05) is 11.1 Å². The molecule has 3 rings (SSSR count). The van der Waals surface area contributed by atoms with Crippen molar-refractivity contribution in [3.63, 3.8) is 0 Å². The molecule has 0 aromatic heterocycles. The van der Waals surface area contributed by atoms with Gasteiger partial charge in [0.25, 0.3) is 0 Å². The van der Waals surface area contributed by atoms with E-state index in [1.165, 1.54) is 5.56 Å². The third-order valence-electron chi connectivity index (χ3n) is 3.11. The molecular weight excluding hydrogens is 268 g/mol. The fourth-order valence-corrected chi connectivity index (χ4v) is 1.93. The van der Waals surface area contributed by atoms with Crippen LogP contribution in [0.1, 0.15) is 21.5 Å². The van der Waals surface area contributed by atoms with Crippen molar-refractivity contribution >= 4 is 11.9 Å². The number of carbonyl (C=O) groups is 1. The molecule has 0 fully saturated rings. The third-order valence-corrected chi connectivity index (χ3v) is 3.11. The SMILES string of the molecule is C=Cc1ccccc1.O=C(c1ccccc1)c1ccccc1. The van der Waals surface area contributed by atoms with Crippen molar-refractivity contribution < 1.29 is 4.79 Å². The van der Waals surface area contributed by atoms with Crippen molar-refractivity contribution in [2.45, 2.75) is 0 Å². The second-order valence-electron chi connectivity index (χ2n) is 4.68. The summed E-state index contributed by atoms with van der Waals surface area (Å²) in [6.45, 7) is 3.63. The average molecular weight is 286 g/mol. The minimum absolute atomic E-state index is 0.0752. The predicted molar refractivity (Wildman–Crippen MR) is 92.8 cm³/mol. The summed E-state index contributed by atoms with van der Waals surface area (Å²) in [5.74, 6) is 0.0752. The molecule has 0 aliphatic rings. The van der Waals surface area contributed by atoms with Gasteiger partial charge in [-0.1, -0.05) is 104 Å². The summed E-state index contributed by atoms with van der Waals surface area (Å²) in [4.78, 5) is 11.8. The molecule has 0 saturated carbocycles. The van der Waals surface area contributed by atoms with Crippen LogP contribution >= 0.6 is 0 Å². The van der Waals surface area contributed by atoms with Crippen LogP contribution in [0.15, 0.2) is 97.6 Å². The molecule has 3 aromatic carbocycles. The van der Waals surface area contributed by atoms with E-state index in [-0.39, 0.29) is 5.78 Å². The zero-order chi connectivity index (χ0) is 15.6. The fraction of sp³-hybridized carbons (Fsp3) is 0. The topological polar surface area (TPSA) is 17.1 Å². The highest BCUT2D eigenvalue weighted by molar-refractivity contribution is 6.08. The van der Waals surface area contributed by atoms with Gasteiger partial charge in [0.2, 0.25) is 0 Å². The van der Waals surface area contributed by atoms with Crippen molar-refractivity contribution in [1.29, 1.82) is 0 Å². The third kappa shape index (κ3) is 4.57. The summed E-state index contributed by atoms with van der Waals surface area (Å²) in [5, 5.41) is 0. The van der Waals surface area contributed by atoms with Gasteiger partial charge in [-0.05, 0) is 5.56 Å². The number of ketones is 1. The second-order valence-corrected chi connectivity index (χ2v) is 4.68. The minimum Gasteiger partial charge on any atom is -0.289 e. The molecule has 0 radical (unpaired) electrons. The fourth-order valence-electron chi connectivity index (χ4n) is 1.93. The zero-order valence-corrected chi connectivity index (χ0v) is 12.4. The van der Waals surface area contributed by atoms with E-state index >= 15 is 0 Å². The molecule has 3 aromatic rings. The quantitative estimate of drug-likeness (QED) is 0.601. The van der Waals surface area contributed by atoms with Crippen LogP contribution < -0.4 is 0 Å². The maximum absolute atomic E-state index is 11.8. The predicted octanol–water partition coefficient (Wildman–Crippen LogP) is 5.25. The Bertz CT molecular complexity index is 659. The number of benzene rings is 3. The van der Waals surface area contributed by atoms with Crippen molar-refractivity contribution in [3.05, 3.63) is 114 Å². The highest BCUT2D eigenvalue weighted by Gasteiger charge is 2.06. The van der Waals surface area contributed by atoms with Crippen LogP contribution in [-0.4, -0.2) is 5.78 Å². The van der Waals surface area contributed by atoms with Gasteiger partial charge in [-0.25, -0.2) is 0 Å². The highest BCUT2D eigenvalue weighted by atomic mass is 16.1. The summed E-state index contributed by atoms with van der Waals surface area (Å²) < 4.78 is 0. The van der Waals surface area contributed by atoms with Crippen molar-refractivity contribution in [2.24, 2.45) is 0 Å². The molecule has 0 atom stereocenters. The lowest BCUT2D eigenvalue weighted by Crippen LogP contribution is -1.99. The van der Waals surface area contributed by atoms with E-state index in [0.717, 1.165) is 11.1 Å². The maximum Gasteiger partial charge on any atom is 0.193 e. The van der Waals surface area contributed by atoms with Crippen LogP contribution in [0.4, 0.5) is 0 Å². The molecule has 0 aliphatic carbocycles. The Morgan fingerprint density at radius 3 is 1.32 bits per heavy atom. The molecule has 0 saturated heterocycles. The van der Waals surface area contributed by atoms with E-state index < -0.39 is 0 Å². The normalized spacial score (nSPS) is 9.27. The Balaban J connectivity index is 0.000000188. The monoisotopic (exact) mass is 286 g/mol. The Labute approximate surface area is 131 Å². The van der Waals surface area contributed by atoms with E-state index in [4.69, 9.17) is 0 Å². The second kappa shape index (κ2) is 8.38. The Hall–Kier alpha value is -2.93. The lowest BCUT2D eigenvalue weighted by molar-refractivity contribution is 0.103.